The zero-order valence-electron chi connectivity index (χ0n) is 25.0. The SMILES string of the molecule is CC(C)(C)c1ccc(C(=O)Nc2cc3ccccc3cc2C(=O)NC(CC(=O)O)c2ccc(-c3ccc(F)c(Cl)c3)cc2)cc1. The summed E-state index contributed by atoms with van der Waals surface area (Å²) >= 11 is 5.94. The number of carbonyl (C=O) groups excluding carboxylic acids is 2. The topological polar surface area (TPSA) is 95.5 Å². The summed E-state index contributed by atoms with van der Waals surface area (Å²) in [4.78, 5) is 38.9. The summed E-state index contributed by atoms with van der Waals surface area (Å²) < 4.78 is 13.6. The molecule has 0 radical (unpaired) electrons. The van der Waals surface area contributed by atoms with Gasteiger partial charge in [-0.25, -0.2) is 4.39 Å². The molecule has 0 aliphatic carbocycles. The zero-order chi connectivity index (χ0) is 32.3. The average molecular weight is 623 g/mol. The van der Waals surface area contributed by atoms with Gasteiger partial charge >= 0.3 is 5.97 Å². The molecule has 1 unspecified atom stereocenters. The van der Waals surface area contributed by atoms with Gasteiger partial charge in [-0.05, 0) is 74.8 Å². The molecule has 5 aromatic carbocycles. The van der Waals surface area contributed by atoms with Gasteiger partial charge in [-0.15, -0.1) is 0 Å². The number of carboxylic acids is 1. The molecule has 8 heteroatoms. The Kier molecular flexibility index (Phi) is 9.02. The van der Waals surface area contributed by atoms with Crippen molar-refractivity contribution in [1.29, 1.82) is 0 Å². The summed E-state index contributed by atoms with van der Waals surface area (Å²) in [5.74, 6) is -2.54. The molecular formula is C37H32ClFN2O4. The van der Waals surface area contributed by atoms with Crippen LogP contribution in [0.2, 0.25) is 5.02 Å². The van der Waals surface area contributed by atoms with E-state index in [2.05, 4.69) is 31.4 Å². The lowest BCUT2D eigenvalue weighted by Crippen LogP contribution is -2.31. The Balaban J connectivity index is 1.44. The van der Waals surface area contributed by atoms with Crippen LogP contribution in [0.3, 0.4) is 0 Å². The average Bonchev–Trinajstić information content (AvgIpc) is 3.01. The first kappa shape index (κ1) is 31.4. The number of hydrogen-bond acceptors (Lipinski definition) is 3. The highest BCUT2D eigenvalue weighted by Crippen LogP contribution is 2.29. The second-order valence-corrected chi connectivity index (χ2v) is 12.3. The number of benzene rings is 5. The quantitative estimate of drug-likeness (QED) is 0.161. The first-order chi connectivity index (χ1) is 21.4. The standard InChI is InChI=1S/C37H32ClFN2O4/c1-37(2,3)28-15-12-24(13-16-28)35(44)41-33-20-26-7-5-4-6-25(26)18-29(33)36(45)40-32(21-34(42)43)23-10-8-22(9-11-23)27-14-17-31(39)30(38)19-27/h4-20,32H,21H2,1-3H3,(H,40,45)(H,41,44)(H,42,43). The number of rotatable bonds is 8. The number of hydrogen-bond donors (Lipinski definition) is 3. The Morgan fingerprint density at radius 1 is 0.800 bits per heavy atom. The highest BCUT2D eigenvalue weighted by Gasteiger charge is 2.23. The molecule has 0 aliphatic heterocycles. The van der Waals surface area contributed by atoms with E-state index < -0.39 is 23.7 Å². The van der Waals surface area contributed by atoms with Crippen LogP contribution in [-0.4, -0.2) is 22.9 Å². The van der Waals surface area contributed by atoms with Gasteiger partial charge in [0, 0.05) is 5.56 Å². The minimum atomic E-state index is -1.10. The Morgan fingerprint density at radius 3 is 2.02 bits per heavy atom. The van der Waals surface area contributed by atoms with E-state index in [0.717, 1.165) is 21.9 Å². The molecule has 0 fully saturated rings. The van der Waals surface area contributed by atoms with Crippen molar-refractivity contribution in [3.63, 3.8) is 0 Å². The molecule has 0 saturated carbocycles. The van der Waals surface area contributed by atoms with Crippen LogP contribution in [0.1, 0.15) is 65.1 Å². The Bertz CT molecular complexity index is 1900. The van der Waals surface area contributed by atoms with Gasteiger partial charge in [0.05, 0.1) is 28.7 Å². The number of amides is 2. The van der Waals surface area contributed by atoms with Crippen molar-refractivity contribution in [2.45, 2.75) is 38.6 Å². The first-order valence-electron chi connectivity index (χ1n) is 14.4. The second kappa shape index (κ2) is 12.9. The van der Waals surface area contributed by atoms with Crippen LogP contribution >= 0.6 is 11.6 Å². The van der Waals surface area contributed by atoms with Gasteiger partial charge in [0.25, 0.3) is 11.8 Å². The van der Waals surface area contributed by atoms with Crippen LogP contribution in [0, 0.1) is 5.82 Å². The number of aliphatic carboxylic acids is 1. The highest BCUT2D eigenvalue weighted by molar-refractivity contribution is 6.31. The van der Waals surface area contributed by atoms with Crippen LogP contribution in [0.5, 0.6) is 0 Å². The number of carboxylic acid groups (broad SMARTS) is 1. The van der Waals surface area contributed by atoms with Crippen LogP contribution in [-0.2, 0) is 10.2 Å². The summed E-state index contributed by atoms with van der Waals surface area (Å²) in [6.45, 7) is 6.28. The lowest BCUT2D eigenvalue weighted by Gasteiger charge is -2.20. The molecule has 228 valence electrons. The van der Waals surface area contributed by atoms with Crippen molar-refractivity contribution >= 4 is 45.8 Å². The summed E-state index contributed by atoms with van der Waals surface area (Å²) in [5.41, 5.74) is 3.95. The molecule has 5 rings (SSSR count). The first-order valence-corrected chi connectivity index (χ1v) is 14.8. The smallest absolute Gasteiger partial charge is 0.305 e. The fourth-order valence-corrected chi connectivity index (χ4v) is 5.27. The van der Waals surface area contributed by atoms with Crippen molar-refractivity contribution in [1.82, 2.24) is 5.32 Å². The summed E-state index contributed by atoms with van der Waals surface area (Å²) in [7, 11) is 0. The van der Waals surface area contributed by atoms with E-state index in [1.165, 1.54) is 12.1 Å². The van der Waals surface area contributed by atoms with E-state index in [-0.39, 0.29) is 28.3 Å². The fraction of sp³-hybridized carbons (Fsp3) is 0.162. The van der Waals surface area contributed by atoms with Crippen LogP contribution in [0.15, 0.2) is 103 Å². The maximum Gasteiger partial charge on any atom is 0.305 e. The predicted molar refractivity (Wildman–Crippen MR) is 176 cm³/mol. The molecule has 0 heterocycles. The van der Waals surface area contributed by atoms with E-state index in [1.807, 2.05) is 36.4 Å². The van der Waals surface area contributed by atoms with Gasteiger partial charge in [-0.1, -0.05) is 99.1 Å². The van der Waals surface area contributed by atoms with Gasteiger partial charge in [0.2, 0.25) is 0 Å². The number of carbonyl (C=O) groups is 3. The lowest BCUT2D eigenvalue weighted by molar-refractivity contribution is -0.137. The summed E-state index contributed by atoms with van der Waals surface area (Å²) in [5, 5.41) is 17.0. The van der Waals surface area contributed by atoms with Gasteiger partial charge in [-0.3, -0.25) is 14.4 Å². The molecule has 0 aliphatic rings. The van der Waals surface area contributed by atoms with Crippen molar-refractivity contribution < 1.29 is 23.9 Å². The Labute approximate surface area is 265 Å². The molecule has 6 nitrogen and oxygen atoms in total. The predicted octanol–water partition coefficient (Wildman–Crippen LogP) is 8.79. The number of anilines is 1. The van der Waals surface area contributed by atoms with Crippen LogP contribution < -0.4 is 10.6 Å². The van der Waals surface area contributed by atoms with Crippen molar-refractivity contribution in [2.75, 3.05) is 5.32 Å². The normalized spacial score (nSPS) is 12.0. The van der Waals surface area contributed by atoms with Gasteiger partial charge in [0.15, 0.2) is 0 Å². The number of nitrogens with one attached hydrogen (secondary N) is 2. The Morgan fingerprint density at radius 2 is 1.42 bits per heavy atom. The number of halogens is 2. The minimum Gasteiger partial charge on any atom is -0.481 e. The van der Waals surface area contributed by atoms with E-state index >= 15 is 0 Å². The Hall–Kier alpha value is -5.01. The lowest BCUT2D eigenvalue weighted by atomic mass is 9.86. The molecule has 0 spiro atoms. The van der Waals surface area contributed by atoms with Gasteiger partial charge < -0.3 is 15.7 Å². The van der Waals surface area contributed by atoms with Crippen molar-refractivity contribution in [2.24, 2.45) is 0 Å². The molecule has 1 atom stereocenters. The molecule has 2 amide bonds. The fourth-order valence-electron chi connectivity index (χ4n) is 5.09. The molecule has 45 heavy (non-hydrogen) atoms. The maximum absolute atomic E-state index is 13.8. The molecule has 5 aromatic rings. The summed E-state index contributed by atoms with van der Waals surface area (Å²) in [6, 6.07) is 28.7. The van der Waals surface area contributed by atoms with E-state index in [4.69, 9.17) is 11.6 Å². The van der Waals surface area contributed by atoms with Gasteiger partial charge in [0.1, 0.15) is 5.82 Å². The molecular weight excluding hydrogens is 591 g/mol. The summed E-state index contributed by atoms with van der Waals surface area (Å²) in [6.07, 6.45) is -0.372. The van der Waals surface area contributed by atoms with Crippen LogP contribution in [0.25, 0.3) is 21.9 Å². The monoisotopic (exact) mass is 622 g/mol. The maximum atomic E-state index is 13.8. The van der Waals surface area contributed by atoms with E-state index in [0.29, 0.717) is 22.4 Å². The molecule has 0 saturated heterocycles. The third-order valence-corrected chi connectivity index (χ3v) is 7.93. The molecule has 0 bridgehead atoms. The van der Waals surface area contributed by atoms with E-state index in [9.17, 15) is 23.9 Å². The molecule has 3 N–H and O–H groups in total. The molecule has 0 aromatic heterocycles. The largest absolute Gasteiger partial charge is 0.481 e. The van der Waals surface area contributed by atoms with E-state index in [1.54, 1.807) is 54.6 Å². The van der Waals surface area contributed by atoms with Crippen LogP contribution in [0.4, 0.5) is 10.1 Å². The third-order valence-electron chi connectivity index (χ3n) is 7.64. The highest BCUT2D eigenvalue weighted by atomic mass is 35.5. The minimum absolute atomic E-state index is 0.00667. The number of fused-ring (bicyclic) bond motifs is 1. The van der Waals surface area contributed by atoms with Crippen molar-refractivity contribution in [3.8, 4) is 11.1 Å². The van der Waals surface area contributed by atoms with Crippen molar-refractivity contribution in [3.05, 3.63) is 136 Å². The second-order valence-electron chi connectivity index (χ2n) is 11.9. The third kappa shape index (κ3) is 7.39. The van der Waals surface area contributed by atoms with Gasteiger partial charge in [-0.2, -0.15) is 0 Å². The zero-order valence-corrected chi connectivity index (χ0v) is 25.8.